The van der Waals surface area contributed by atoms with E-state index >= 15 is 0 Å². The second kappa shape index (κ2) is 14.7. The number of hydrogen-bond acceptors (Lipinski definition) is 5. The van der Waals surface area contributed by atoms with Gasteiger partial charge in [-0.3, -0.25) is 14.4 Å². The van der Waals surface area contributed by atoms with Gasteiger partial charge in [0.05, 0.1) is 12.9 Å². The summed E-state index contributed by atoms with van der Waals surface area (Å²) in [6.07, 6.45) is 1.66. The number of anilines is 2. The topological polar surface area (TPSA) is 96.5 Å². The van der Waals surface area contributed by atoms with Gasteiger partial charge in [-0.05, 0) is 77.7 Å². The highest BCUT2D eigenvalue weighted by Crippen LogP contribution is 2.23. The Hall–Kier alpha value is -4.82. The van der Waals surface area contributed by atoms with E-state index in [2.05, 4.69) is 29.8 Å². The Bertz CT molecular complexity index is 1550. The summed E-state index contributed by atoms with van der Waals surface area (Å²) in [6.45, 7) is 4.23. The number of carbonyl (C=O) groups excluding carboxylic acids is 3. The normalized spacial score (nSPS) is 11.1. The van der Waals surface area contributed by atoms with Crippen molar-refractivity contribution in [2.75, 3.05) is 23.5 Å². The van der Waals surface area contributed by atoms with Crippen molar-refractivity contribution in [3.8, 4) is 5.75 Å². The molecule has 42 heavy (non-hydrogen) atoms. The summed E-state index contributed by atoms with van der Waals surface area (Å²) >= 11 is 1.35. The Morgan fingerprint density at radius 2 is 1.52 bits per heavy atom. The summed E-state index contributed by atoms with van der Waals surface area (Å²) < 4.78 is 5.14. The molecule has 3 N–H and O–H groups in total. The van der Waals surface area contributed by atoms with Crippen molar-refractivity contribution in [1.82, 2.24) is 5.32 Å². The first kappa shape index (κ1) is 30.1. The van der Waals surface area contributed by atoms with Gasteiger partial charge in [0, 0.05) is 21.8 Å². The minimum atomic E-state index is -0.466. The largest absolute Gasteiger partial charge is 0.497 e. The molecular weight excluding hydrogens is 546 g/mol. The number of nitrogens with one attached hydrogen (secondary N) is 3. The lowest BCUT2D eigenvalue weighted by Gasteiger charge is -2.13. The fourth-order valence-corrected chi connectivity index (χ4v) is 4.72. The van der Waals surface area contributed by atoms with Crippen LogP contribution in [-0.2, 0) is 9.59 Å². The standard InChI is InChI=1S/C34H33N3O4S/c1-23(2)25-14-12-24(13-15-25)20-31(37-33(39)26-8-5-4-6-9-26)34(40)36-28-10-7-11-30(21-28)42-22-32(38)35-27-16-18-29(41-3)19-17-27/h4-21,23H,22H2,1-3H3,(H,35,38)(H,36,40)(H,37,39)/b31-20+. The number of carbonyl (C=O) groups is 3. The molecule has 0 aliphatic carbocycles. The van der Waals surface area contributed by atoms with Crippen molar-refractivity contribution in [1.29, 1.82) is 0 Å². The molecule has 0 saturated carbocycles. The van der Waals surface area contributed by atoms with Crippen molar-refractivity contribution < 1.29 is 19.1 Å². The van der Waals surface area contributed by atoms with E-state index in [9.17, 15) is 14.4 Å². The van der Waals surface area contributed by atoms with Crippen LogP contribution in [0, 0.1) is 0 Å². The average Bonchev–Trinajstić information content (AvgIpc) is 3.01. The van der Waals surface area contributed by atoms with Gasteiger partial charge in [-0.25, -0.2) is 0 Å². The molecule has 4 aromatic rings. The second-order valence-corrected chi connectivity index (χ2v) is 10.8. The number of amides is 3. The predicted octanol–water partition coefficient (Wildman–Crippen LogP) is 6.96. The van der Waals surface area contributed by atoms with Gasteiger partial charge in [0.1, 0.15) is 11.4 Å². The summed E-state index contributed by atoms with van der Waals surface area (Å²) in [7, 11) is 1.59. The maximum Gasteiger partial charge on any atom is 0.272 e. The summed E-state index contributed by atoms with van der Waals surface area (Å²) in [4.78, 5) is 39.6. The van der Waals surface area contributed by atoms with E-state index in [0.717, 1.165) is 10.5 Å². The zero-order chi connectivity index (χ0) is 29.9. The molecule has 4 rings (SSSR count). The first-order valence-electron chi connectivity index (χ1n) is 13.5. The van der Waals surface area contributed by atoms with Crippen molar-refractivity contribution >= 4 is 46.9 Å². The maximum absolute atomic E-state index is 13.4. The van der Waals surface area contributed by atoms with Gasteiger partial charge in [-0.15, -0.1) is 11.8 Å². The molecule has 0 saturated heterocycles. The van der Waals surface area contributed by atoms with E-state index in [1.807, 2.05) is 36.4 Å². The third-order valence-corrected chi connectivity index (χ3v) is 7.27. The third kappa shape index (κ3) is 8.84. The fourth-order valence-electron chi connectivity index (χ4n) is 3.97. The average molecular weight is 580 g/mol. The van der Waals surface area contributed by atoms with Crippen LogP contribution < -0.4 is 20.7 Å². The number of rotatable bonds is 11. The first-order chi connectivity index (χ1) is 20.3. The molecule has 0 unspecified atom stereocenters. The molecule has 0 aliphatic rings. The molecule has 7 nitrogen and oxygen atoms in total. The molecule has 3 amide bonds. The number of benzene rings is 4. The van der Waals surface area contributed by atoms with Gasteiger partial charge in [0.2, 0.25) is 5.91 Å². The second-order valence-electron chi connectivity index (χ2n) is 9.75. The highest BCUT2D eigenvalue weighted by Gasteiger charge is 2.16. The monoisotopic (exact) mass is 579 g/mol. The summed E-state index contributed by atoms with van der Waals surface area (Å²) in [5.74, 6) is 0.269. The highest BCUT2D eigenvalue weighted by molar-refractivity contribution is 8.00. The Morgan fingerprint density at radius 3 is 2.19 bits per heavy atom. The summed E-state index contributed by atoms with van der Waals surface area (Å²) in [5.41, 5.74) is 3.73. The number of thioether (sulfide) groups is 1. The van der Waals surface area contributed by atoms with Crippen molar-refractivity contribution in [3.63, 3.8) is 0 Å². The lowest BCUT2D eigenvalue weighted by atomic mass is 10.0. The van der Waals surface area contributed by atoms with Gasteiger partial charge in [-0.1, -0.05) is 62.4 Å². The molecule has 0 fully saturated rings. The Balaban J connectivity index is 1.45. The molecule has 0 spiro atoms. The number of ether oxygens (including phenoxy) is 1. The SMILES string of the molecule is COc1ccc(NC(=O)CSc2cccc(NC(=O)/C(=C\c3ccc(C(C)C)cc3)NC(=O)c3ccccc3)c2)cc1. The minimum Gasteiger partial charge on any atom is -0.497 e. The Labute approximate surface area is 250 Å². The Morgan fingerprint density at radius 1 is 0.810 bits per heavy atom. The Kier molecular flexibility index (Phi) is 10.6. The quantitative estimate of drug-likeness (QED) is 0.132. The highest BCUT2D eigenvalue weighted by atomic mass is 32.2. The van der Waals surface area contributed by atoms with Crippen molar-refractivity contribution in [2.24, 2.45) is 0 Å². The molecule has 0 atom stereocenters. The molecule has 4 aromatic carbocycles. The molecular formula is C34H33N3O4S. The van der Waals surface area contributed by atoms with Crippen molar-refractivity contribution in [3.05, 3.63) is 126 Å². The zero-order valence-electron chi connectivity index (χ0n) is 23.7. The number of methoxy groups -OCH3 is 1. The van der Waals surface area contributed by atoms with E-state index in [1.165, 1.54) is 17.3 Å². The van der Waals surface area contributed by atoms with Crippen LogP contribution in [0.15, 0.2) is 114 Å². The van der Waals surface area contributed by atoms with Crippen LogP contribution in [0.25, 0.3) is 6.08 Å². The van der Waals surface area contributed by atoms with Gasteiger partial charge < -0.3 is 20.7 Å². The number of hydrogen-bond donors (Lipinski definition) is 3. The minimum absolute atomic E-state index is 0.109. The molecule has 0 bridgehead atoms. The third-order valence-electron chi connectivity index (χ3n) is 6.28. The van der Waals surface area contributed by atoms with Crippen LogP contribution in [0.3, 0.4) is 0 Å². The van der Waals surface area contributed by atoms with Crippen LogP contribution in [0.2, 0.25) is 0 Å². The fraction of sp³-hybridized carbons (Fsp3) is 0.147. The van der Waals surface area contributed by atoms with Crippen LogP contribution in [0.5, 0.6) is 5.75 Å². The molecule has 0 aromatic heterocycles. The van der Waals surface area contributed by atoms with E-state index in [0.29, 0.717) is 28.6 Å². The van der Waals surface area contributed by atoms with Crippen molar-refractivity contribution in [2.45, 2.75) is 24.7 Å². The maximum atomic E-state index is 13.4. The molecule has 0 radical (unpaired) electrons. The van der Waals surface area contributed by atoms with Crippen LogP contribution in [-0.4, -0.2) is 30.6 Å². The van der Waals surface area contributed by atoms with E-state index < -0.39 is 5.91 Å². The molecule has 0 aliphatic heterocycles. The van der Waals surface area contributed by atoms with Crippen LogP contribution in [0.4, 0.5) is 11.4 Å². The van der Waals surface area contributed by atoms with Gasteiger partial charge in [-0.2, -0.15) is 0 Å². The van der Waals surface area contributed by atoms with Gasteiger partial charge in [0.15, 0.2) is 0 Å². The summed E-state index contributed by atoms with van der Waals surface area (Å²) in [5, 5.41) is 8.50. The first-order valence-corrected chi connectivity index (χ1v) is 14.5. The predicted molar refractivity (Wildman–Crippen MR) is 170 cm³/mol. The smallest absolute Gasteiger partial charge is 0.272 e. The molecule has 8 heteroatoms. The molecule has 0 heterocycles. The lowest BCUT2D eigenvalue weighted by Crippen LogP contribution is -2.30. The zero-order valence-corrected chi connectivity index (χ0v) is 24.5. The van der Waals surface area contributed by atoms with E-state index in [4.69, 9.17) is 4.74 Å². The van der Waals surface area contributed by atoms with E-state index in [-0.39, 0.29) is 23.3 Å². The summed E-state index contributed by atoms with van der Waals surface area (Å²) in [6, 6.07) is 30.9. The van der Waals surface area contributed by atoms with E-state index in [1.54, 1.807) is 79.9 Å². The van der Waals surface area contributed by atoms with Gasteiger partial charge in [0.25, 0.3) is 11.8 Å². The van der Waals surface area contributed by atoms with Gasteiger partial charge >= 0.3 is 0 Å². The van der Waals surface area contributed by atoms with Crippen LogP contribution in [0.1, 0.15) is 41.3 Å². The van der Waals surface area contributed by atoms with Crippen LogP contribution >= 0.6 is 11.8 Å². The molecule has 214 valence electrons. The lowest BCUT2D eigenvalue weighted by molar-refractivity contribution is -0.114.